The first kappa shape index (κ1) is 26.7. The molecule has 0 aromatic rings. The minimum atomic E-state index is -1.55. The van der Waals surface area contributed by atoms with Crippen molar-refractivity contribution < 1.29 is 39.6 Å². The number of nitrogens with one attached hydrogen (secondary N) is 3. The van der Waals surface area contributed by atoms with Crippen LogP contribution in [-0.2, 0) is 19.2 Å². The van der Waals surface area contributed by atoms with E-state index in [0.717, 1.165) is 0 Å². The Balaban J connectivity index is 5.37. The fourth-order valence-electron chi connectivity index (χ4n) is 2.28. The lowest BCUT2D eigenvalue weighted by molar-refractivity contribution is -0.144. The fraction of sp³-hybridized carbons (Fsp3) is 0.765. The lowest BCUT2D eigenvalue weighted by atomic mass is 10.0. The molecule has 168 valence electrons. The third-order valence-corrected chi connectivity index (χ3v) is 4.18. The Bertz CT molecular complexity index is 594. The first-order valence-corrected chi connectivity index (χ1v) is 9.14. The van der Waals surface area contributed by atoms with Crippen LogP contribution in [0.15, 0.2) is 0 Å². The predicted molar refractivity (Wildman–Crippen MR) is 101 cm³/mol. The summed E-state index contributed by atoms with van der Waals surface area (Å²) in [6.07, 6.45) is -4.03. The molecule has 0 aliphatic carbocycles. The summed E-state index contributed by atoms with van der Waals surface area (Å²) in [5.41, 5.74) is 5.48. The van der Waals surface area contributed by atoms with Crippen LogP contribution in [0.3, 0.4) is 0 Å². The molecule has 0 saturated carbocycles. The van der Waals surface area contributed by atoms with Gasteiger partial charge in [0.1, 0.15) is 24.2 Å². The highest BCUT2D eigenvalue weighted by Crippen LogP contribution is 2.05. The number of carbonyl (C=O) groups is 4. The summed E-state index contributed by atoms with van der Waals surface area (Å²) in [5.74, 6) is -4.63. The van der Waals surface area contributed by atoms with Crippen LogP contribution in [0.5, 0.6) is 0 Å². The molecular weight excluding hydrogens is 388 g/mol. The predicted octanol–water partition coefficient (Wildman–Crippen LogP) is -3.35. The molecule has 9 N–H and O–H groups in total. The number of carbonyl (C=O) groups excluding carboxylic acids is 3. The van der Waals surface area contributed by atoms with Gasteiger partial charge in [-0.05, 0) is 26.7 Å². The standard InChI is InChI=1S/C17H32N4O8/c1-6(2)11(17(28)29)19-15(26)13(9(5)24)21-16(27)12(8(4)23)20-14(25)10(18)7(3)22/h6-13,22-24H,18H2,1-5H3,(H,19,26)(H,20,25)(H,21,27)(H,28,29). The quantitative estimate of drug-likeness (QED) is 0.167. The highest BCUT2D eigenvalue weighted by Gasteiger charge is 2.35. The summed E-state index contributed by atoms with van der Waals surface area (Å²) in [6.45, 7) is 6.81. The Labute approximate surface area is 168 Å². The molecule has 0 aliphatic rings. The number of rotatable bonds is 11. The number of amides is 3. The number of carboxylic acids is 1. The lowest BCUT2D eigenvalue weighted by Gasteiger charge is -2.28. The van der Waals surface area contributed by atoms with Gasteiger partial charge in [0.25, 0.3) is 0 Å². The van der Waals surface area contributed by atoms with Gasteiger partial charge in [-0.1, -0.05) is 13.8 Å². The number of aliphatic carboxylic acids is 1. The van der Waals surface area contributed by atoms with Gasteiger partial charge in [0, 0.05) is 0 Å². The number of aliphatic hydroxyl groups is 3. The van der Waals surface area contributed by atoms with E-state index in [0.29, 0.717) is 0 Å². The molecule has 0 aromatic carbocycles. The van der Waals surface area contributed by atoms with Crippen LogP contribution in [0.25, 0.3) is 0 Å². The smallest absolute Gasteiger partial charge is 0.326 e. The number of carboxylic acid groups (broad SMARTS) is 1. The summed E-state index contributed by atoms with van der Waals surface area (Å²) in [7, 11) is 0. The molecule has 0 fully saturated rings. The van der Waals surface area contributed by atoms with Gasteiger partial charge in [0.05, 0.1) is 18.3 Å². The van der Waals surface area contributed by atoms with Crippen molar-refractivity contribution in [2.45, 2.75) is 77.1 Å². The maximum absolute atomic E-state index is 12.5. The molecule has 12 nitrogen and oxygen atoms in total. The van der Waals surface area contributed by atoms with E-state index < -0.39 is 72.1 Å². The largest absolute Gasteiger partial charge is 0.480 e. The summed E-state index contributed by atoms with van der Waals surface area (Å²) in [6, 6.07) is -5.70. The first-order valence-electron chi connectivity index (χ1n) is 9.14. The van der Waals surface area contributed by atoms with Crippen LogP contribution in [0.4, 0.5) is 0 Å². The molecule has 0 radical (unpaired) electrons. The van der Waals surface area contributed by atoms with E-state index in [9.17, 15) is 39.6 Å². The summed E-state index contributed by atoms with van der Waals surface area (Å²) >= 11 is 0. The Morgan fingerprint density at radius 2 is 1.00 bits per heavy atom. The Morgan fingerprint density at radius 3 is 1.28 bits per heavy atom. The van der Waals surface area contributed by atoms with Gasteiger partial charge in [0.15, 0.2) is 0 Å². The number of hydrogen-bond acceptors (Lipinski definition) is 8. The van der Waals surface area contributed by atoms with Crippen molar-refractivity contribution in [1.82, 2.24) is 16.0 Å². The van der Waals surface area contributed by atoms with Crippen LogP contribution < -0.4 is 21.7 Å². The van der Waals surface area contributed by atoms with E-state index in [1.165, 1.54) is 20.8 Å². The van der Waals surface area contributed by atoms with E-state index in [4.69, 9.17) is 5.73 Å². The van der Waals surface area contributed by atoms with Gasteiger partial charge in [0.2, 0.25) is 17.7 Å². The third-order valence-electron chi connectivity index (χ3n) is 4.18. The average Bonchev–Trinajstić information content (AvgIpc) is 2.59. The van der Waals surface area contributed by atoms with Gasteiger partial charge in [-0.15, -0.1) is 0 Å². The van der Waals surface area contributed by atoms with Crippen molar-refractivity contribution in [3.05, 3.63) is 0 Å². The second kappa shape index (κ2) is 11.7. The Hall–Kier alpha value is -2.28. The zero-order chi connectivity index (χ0) is 23.0. The maximum Gasteiger partial charge on any atom is 0.326 e. The van der Waals surface area contributed by atoms with Crippen molar-refractivity contribution in [2.24, 2.45) is 11.7 Å². The average molecular weight is 420 g/mol. The van der Waals surface area contributed by atoms with E-state index in [1.54, 1.807) is 13.8 Å². The summed E-state index contributed by atoms with van der Waals surface area (Å²) in [5, 5.41) is 44.8. The second-order valence-electron chi connectivity index (χ2n) is 7.29. The van der Waals surface area contributed by atoms with Crippen LogP contribution in [0, 0.1) is 5.92 Å². The van der Waals surface area contributed by atoms with Gasteiger partial charge in [-0.2, -0.15) is 0 Å². The highest BCUT2D eigenvalue weighted by molar-refractivity contribution is 5.94. The molecule has 7 atom stereocenters. The first-order chi connectivity index (χ1) is 13.2. The van der Waals surface area contributed by atoms with E-state index >= 15 is 0 Å². The molecule has 0 rings (SSSR count). The van der Waals surface area contributed by atoms with Crippen molar-refractivity contribution in [2.75, 3.05) is 0 Å². The Kier molecular flexibility index (Phi) is 10.7. The number of hydrogen-bond donors (Lipinski definition) is 8. The third kappa shape index (κ3) is 8.31. The number of aliphatic hydroxyl groups excluding tert-OH is 3. The van der Waals surface area contributed by atoms with Crippen molar-refractivity contribution >= 4 is 23.7 Å². The molecule has 0 heterocycles. The van der Waals surface area contributed by atoms with E-state index in [1.807, 2.05) is 0 Å². The summed E-state index contributed by atoms with van der Waals surface area (Å²) in [4.78, 5) is 48.1. The van der Waals surface area contributed by atoms with Gasteiger partial charge >= 0.3 is 5.97 Å². The minimum absolute atomic E-state index is 0.465. The zero-order valence-corrected chi connectivity index (χ0v) is 17.1. The van der Waals surface area contributed by atoms with Crippen molar-refractivity contribution in [1.29, 1.82) is 0 Å². The van der Waals surface area contributed by atoms with Crippen LogP contribution in [0.1, 0.15) is 34.6 Å². The number of nitrogens with two attached hydrogens (primary N) is 1. The molecule has 0 aromatic heterocycles. The molecule has 0 aliphatic heterocycles. The monoisotopic (exact) mass is 420 g/mol. The van der Waals surface area contributed by atoms with Gasteiger partial charge < -0.3 is 42.1 Å². The molecule has 0 bridgehead atoms. The SMILES string of the molecule is CC(C)C(NC(=O)C(NC(=O)C(NC(=O)C(N)C(C)O)C(C)O)C(C)O)C(=O)O. The molecule has 3 amide bonds. The molecule has 0 saturated heterocycles. The van der Waals surface area contributed by atoms with Crippen molar-refractivity contribution in [3.8, 4) is 0 Å². The minimum Gasteiger partial charge on any atom is -0.480 e. The van der Waals surface area contributed by atoms with Crippen LogP contribution >= 0.6 is 0 Å². The summed E-state index contributed by atoms with van der Waals surface area (Å²) < 4.78 is 0. The zero-order valence-electron chi connectivity index (χ0n) is 17.1. The Morgan fingerprint density at radius 1 is 0.655 bits per heavy atom. The topological polar surface area (TPSA) is 211 Å². The fourth-order valence-corrected chi connectivity index (χ4v) is 2.28. The maximum atomic E-state index is 12.5. The van der Waals surface area contributed by atoms with E-state index in [2.05, 4.69) is 16.0 Å². The van der Waals surface area contributed by atoms with Crippen LogP contribution in [-0.4, -0.2) is 86.6 Å². The van der Waals surface area contributed by atoms with E-state index in [-0.39, 0.29) is 0 Å². The lowest BCUT2D eigenvalue weighted by Crippen LogP contribution is -2.62. The molecule has 7 unspecified atom stereocenters. The molecule has 29 heavy (non-hydrogen) atoms. The van der Waals surface area contributed by atoms with Crippen molar-refractivity contribution in [3.63, 3.8) is 0 Å². The van der Waals surface area contributed by atoms with Gasteiger partial charge in [-0.3, -0.25) is 14.4 Å². The van der Waals surface area contributed by atoms with Gasteiger partial charge in [-0.25, -0.2) is 4.79 Å². The normalized spacial score (nSPS) is 18.6. The highest BCUT2D eigenvalue weighted by atomic mass is 16.4. The molecule has 12 heteroatoms. The van der Waals surface area contributed by atoms with Crippen LogP contribution in [0.2, 0.25) is 0 Å². The second-order valence-corrected chi connectivity index (χ2v) is 7.29. The molecular formula is C17H32N4O8. The molecule has 0 spiro atoms.